The Kier molecular flexibility index (Phi) is 5.46. The van der Waals surface area contributed by atoms with Crippen molar-refractivity contribution in [3.63, 3.8) is 0 Å². The average Bonchev–Trinajstić information content (AvgIpc) is 2.88. The van der Waals surface area contributed by atoms with Crippen LogP contribution in [0.1, 0.15) is 23.6 Å². The Bertz CT molecular complexity index is 882. The van der Waals surface area contributed by atoms with Crippen LogP contribution in [0.15, 0.2) is 54.6 Å². The van der Waals surface area contributed by atoms with Crippen LogP contribution in [-0.2, 0) is 21.7 Å². The number of carbonyl (C=O) groups is 3. The molecule has 7 nitrogen and oxygen atoms in total. The van der Waals surface area contributed by atoms with E-state index in [-0.39, 0.29) is 6.54 Å². The summed E-state index contributed by atoms with van der Waals surface area (Å²) in [6.45, 7) is 4.45. The van der Waals surface area contributed by atoms with Crippen molar-refractivity contribution in [1.29, 1.82) is 0 Å². The molecule has 146 valence electrons. The van der Waals surface area contributed by atoms with Crippen LogP contribution >= 0.6 is 0 Å². The molecule has 1 aliphatic rings. The molecule has 3 N–H and O–H groups in total. The summed E-state index contributed by atoms with van der Waals surface area (Å²) >= 11 is 0. The molecule has 0 aliphatic carbocycles. The lowest BCUT2D eigenvalue weighted by Gasteiger charge is -2.22. The number of hydrogen-bond acceptors (Lipinski definition) is 3. The van der Waals surface area contributed by atoms with Gasteiger partial charge in [0.2, 0.25) is 0 Å². The largest absolute Gasteiger partial charge is 0.344 e. The van der Waals surface area contributed by atoms with Gasteiger partial charge in [-0.15, -0.1) is 0 Å². The molecule has 0 aromatic heterocycles. The molecule has 4 amide bonds. The van der Waals surface area contributed by atoms with Crippen molar-refractivity contribution in [3.8, 4) is 0 Å². The summed E-state index contributed by atoms with van der Waals surface area (Å²) in [4.78, 5) is 38.4. The second-order valence-electron chi connectivity index (χ2n) is 7.39. The van der Waals surface area contributed by atoms with Crippen LogP contribution in [-0.4, -0.2) is 36.4 Å². The standard InChI is InChI=1S/C21H24N4O3/c1-15-9-11-16(12-10-15)13-24(3)14-18(26)23-25-19(27)21(2,22-20(25)28)17-7-5-4-6-8-17/h4-12H,13-14H2,1-3H3,(H,22,28)(H,23,26)/p+1/t21-/m1/s1. The van der Waals surface area contributed by atoms with Gasteiger partial charge >= 0.3 is 6.03 Å². The topological polar surface area (TPSA) is 82.9 Å². The summed E-state index contributed by atoms with van der Waals surface area (Å²) in [5.41, 5.74) is 4.19. The Morgan fingerprint density at radius 3 is 2.39 bits per heavy atom. The molecule has 1 heterocycles. The van der Waals surface area contributed by atoms with Gasteiger partial charge in [-0.25, -0.2) is 4.79 Å². The first-order chi connectivity index (χ1) is 13.3. The van der Waals surface area contributed by atoms with Gasteiger partial charge in [0.15, 0.2) is 6.54 Å². The third-order valence-electron chi connectivity index (χ3n) is 4.87. The van der Waals surface area contributed by atoms with E-state index in [0.717, 1.165) is 15.5 Å². The molecule has 28 heavy (non-hydrogen) atoms. The summed E-state index contributed by atoms with van der Waals surface area (Å²) in [5, 5.41) is 3.44. The fourth-order valence-electron chi connectivity index (χ4n) is 3.26. The van der Waals surface area contributed by atoms with Gasteiger partial charge in [-0.05, 0) is 19.4 Å². The quantitative estimate of drug-likeness (QED) is 0.638. The number of urea groups is 1. The second-order valence-corrected chi connectivity index (χ2v) is 7.39. The number of carbonyl (C=O) groups excluding carboxylic acids is 3. The van der Waals surface area contributed by atoms with Gasteiger partial charge in [0.1, 0.15) is 12.1 Å². The maximum atomic E-state index is 12.8. The molecule has 2 aromatic rings. The van der Waals surface area contributed by atoms with E-state index in [4.69, 9.17) is 0 Å². The number of quaternary nitrogens is 1. The van der Waals surface area contributed by atoms with Gasteiger partial charge < -0.3 is 10.2 Å². The molecule has 0 bridgehead atoms. The van der Waals surface area contributed by atoms with Crippen molar-refractivity contribution in [1.82, 2.24) is 15.8 Å². The zero-order valence-corrected chi connectivity index (χ0v) is 16.3. The predicted molar refractivity (Wildman–Crippen MR) is 104 cm³/mol. The molecular formula is C21H25N4O3+. The van der Waals surface area contributed by atoms with Crippen molar-refractivity contribution in [2.24, 2.45) is 0 Å². The van der Waals surface area contributed by atoms with E-state index in [9.17, 15) is 14.4 Å². The van der Waals surface area contributed by atoms with Crippen LogP contribution in [0.25, 0.3) is 0 Å². The number of nitrogens with zero attached hydrogens (tertiary/aromatic N) is 1. The fourth-order valence-corrected chi connectivity index (χ4v) is 3.26. The number of amides is 4. The lowest BCUT2D eigenvalue weighted by atomic mass is 9.92. The zero-order valence-electron chi connectivity index (χ0n) is 16.3. The van der Waals surface area contributed by atoms with Crippen LogP contribution in [0.3, 0.4) is 0 Å². The Balaban J connectivity index is 1.61. The molecule has 1 saturated heterocycles. The predicted octanol–water partition coefficient (Wildman–Crippen LogP) is 0.508. The summed E-state index contributed by atoms with van der Waals surface area (Å²) in [6.07, 6.45) is 0. The third-order valence-corrected chi connectivity index (χ3v) is 4.87. The molecular weight excluding hydrogens is 356 g/mol. The highest BCUT2D eigenvalue weighted by atomic mass is 16.2. The fraction of sp³-hybridized carbons (Fsp3) is 0.286. The molecule has 3 rings (SSSR count). The van der Waals surface area contributed by atoms with Crippen LogP contribution in [0.5, 0.6) is 0 Å². The van der Waals surface area contributed by atoms with Crippen LogP contribution in [0.4, 0.5) is 4.79 Å². The Morgan fingerprint density at radius 2 is 1.75 bits per heavy atom. The number of likely N-dealkylation sites (N-methyl/N-ethyl adjacent to an activating group) is 1. The van der Waals surface area contributed by atoms with Crippen LogP contribution < -0.4 is 15.6 Å². The summed E-state index contributed by atoms with van der Waals surface area (Å²) < 4.78 is 0. The van der Waals surface area contributed by atoms with Crippen molar-refractivity contribution >= 4 is 17.8 Å². The van der Waals surface area contributed by atoms with Crippen molar-refractivity contribution in [2.75, 3.05) is 13.6 Å². The number of aryl methyl sites for hydroxylation is 1. The van der Waals surface area contributed by atoms with Crippen molar-refractivity contribution in [2.45, 2.75) is 25.9 Å². The average molecular weight is 381 g/mol. The SMILES string of the molecule is Cc1ccc(C[NH+](C)CC(=O)NN2C(=O)N[C@](C)(c3ccccc3)C2=O)cc1. The van der Waals surface area contributed by atoms with Gasteiger partial charge in [-0.1, -0.05) is 60.2 Å². The summed E-state index contributed by atoms with van der Waals surface area (Å²) in [7, 11) is 1.89. The smallest absolute Gasteiger partial charge is 0.326 e. The van der Waals surface area contributed by atoms with E-state index >= 15 is 0 Å². The molecule has 1 unspecified atom stereocenters. The maximum Gasteiger partial charge on any atom is 0.344 e. The zero-order chi connectivity index (χ0) is 20.3. The number of benzene rings is 2. The first-order valence-electron chi connectivity index (χ1n) is 9.18. The van der Waals surface area contributed by atoms with Crippen molar-refractivity contribution < 1.29 is 19.3 Å². The Hall–Kier alpha value is -3.19. The minimum atomic E-state index is -1.20. The third kappa shape index (κ3) is 4.04. The molecule has 0 saturated carbocycles. The maximum absolute atomic E-state index is 12.8. The van der Waals surface area contributed by atoms with Gasteiger partial charge in [0, 0.05) is 5.56 Å². The molecule has 7 heteroatoms. The normalized spacial score (nSPS) is 20.0. The summed E-state index contributed by atoms with van der Waals surface area (Å²) in [6, 6.07) is 16.4. The summed E-state index contributed by atoms with van der Waals surface area (Å²) in [5.74, 6) is -0.904. The monoisotopic (exact) mass is 381 g/mol. The lowest BCUT2D eigenvalue weighted by molar-refractivity contribution is -0.885. The lowest BCUT2D eigenvalue weighted by Crippen LogP contribution is -3.09. The first-order valence-corrected chi connectivity index (χ1v) is 9.18. The molecule has 0 spiro atoms. The van der Waals surface area contributed by atoms with Gasteiger partial charge in [-0.2, -0.15) is 5.01 Å². The second kappa shape index (κ2) is 7.82. The van der Waals surface area contributed by atoms with E-state index in [2.05, 4.69) is 10.7 Å². The molecule has 1 aliphatic heterocycles. The number of hydrazine groups is 1. The van der Waals surface area contributed by atoms with E-state index in [0.29, 0.717) is 12.1 Å². The molecule has 0 radical (unpaired) electrons. The van der Waals surface area contributed by atoms with E-state index in [1.165, 1.54) is 5.56 Å². The first kappa shape index (κ1) is 19.6. The minimum absolute atomic E-state index is 0.132. The Labute approximate surface area is 164 Å². The molecule has 2 atom stereocenters. The molecule has 2 aromatic carbocycles. The minimum Gasteiger partial charge on any atom is -0.326 e. The number of hydrogen-bond donors (Lipinski definition) is 3. The van der Waals surface area contributed by atoms with E-state index in [1.807, 2.05) is 44.3 Å². The van der Waals surface area contributed by atoms with Crippen molar-refractivity contribution in [3.05, 3.63) is 71.3 Å². The number of imide groups is 1. The number of rotatable bonds is 6. The van der Waals surface area contributed by atoms with E-state index in [1.54, 1.807) is 31.2 Å². The van der Waals surface area contributed by atoms with Gasteiger partial charge in [0.25, 0.3) is 11.8 Å². The van der Waals surface area contributed by atoms with Gasteiger partial charge in [-0.3, -0.25) is 15.0 Å². The highest BCUT2D eigenvalue weighted by molar-refractivity contribution is 6.08. The van der Waals surface area contributed by atoms with Crippen LogP contribution in [0, 0.1) is 6.92 Å². The Morgan fingerprint density at radius 1 is 1.11 bits per heavy atom. The van der Waals surface area contributed by atoms with E-state index < -0.39 is 23.4 Å². The van der Waals surface area contributed by atoms with Crippen LogP contribution in [0.2, 0.25) is 0 Å². The number of nitrogens with one attached hydrogen (secondary N) is 3. The van der Waals surface area contributed by atoms with Gasteiger partial charge in [0.05, 0.1) is 7.05 Å². The molecule has 1 fully saturated rings. The highest BCUT2D eigenvalue weighted by Gasteiger charge is 2.50. The highest BCUT2D eigenvalue weighted by Crippen LogP contribution is 2.27.